The van der Waals surface area contributed by atoms with E-state index in [1.54, 1.807) is 12.1 Å². The standard InChI is InChI=1S/C16H26N2O2S/c1-13(2)14-5-4-6-15(11-14)21(19,20)18-12-16(3)7-9-17-10-8-16/h4-6,11,13,17-18H,7-10,12H2,1-3H3. The molecule has 0 aromatic heterocycles. The third-order valence-electron chi connectivity index (χ3n) is 4.33. The van der Waals surface area contributed by atoms with Gasteiger partial charge in [0.1, 0.15) is 0 Å². The summed E-state index contributed by atoms with van der Waals surface area (Å²) >= 11 is 0. The van der Waals surface area contributed by atoms with Crippen molar-refractivity contribution in [3.05, 3.63) is 29.8 Å². The van der Waals surface area contributed by atoms with Crippen LogP contribution in [0.5, 0.6) is 0 Å². The highest BCUT2D eigenvalue weighted by Gasteiger charge is 2.28. The number of nitrogens with one attached hydrogen (secondary N) is 2. The van der Waals surface area contributed by atoms with Crippen molar-refractivity contribution in [1.29, 1.82) is 0 Å². The fourth-order valence-corrected chi connectivity index (χ4v) is 3.85. The number of hydrogen-bond donors (Lipinski definition) is 2. The first-order valence-electron chi connectivity index (χ1n) is 7.63. The van der Waals surface area contributed by atoms with Crippen molar-refractivity contribution in [2.75, 3.05) is 19.6 Å². The quantitative estimate of drug-likeness (QED) is 0.878. The van der Waals surface area contributed by atoms with E-state index in [0.29, 0.717) is 17.4 Å². The van der Waals surface area contributed by atoms with Gasteiger partial charge >= 0.3 is 0 Å². The zero-order valence-electron chi connectivity index (χ0n) is 13.1. The van der Waals surface area contributed by atoms with E-state index < -0.39 is 10.0 Å². The van der Waals surface area contributed by atoms with E-state index in [4.69, 9.17) is 0 Å². The van der Waals surface area contributed by atoms with Crippen LogP contribution in [-0.4, -0.2) is 28.1 Å². The van der Waals surface area contributed by atoms with E-state index in [-0.39, 0.29) is 5.41 Å². The van der Waals surface area contributed by atoms with Crippen LogP contribution in [0.4, 0.5) is 0 Å². The van der Waals surface area contributed by atoms with Crippen LogP contribution in [0.15, 0.2) is 29.2 Å². The van der Waals surface area contributed by atoms with E-state index in [9.17, 15) is 8.42 Å². The van der Waals surface area contributed by atoms with Crippen molar-refractivity contribution in [1.82, 2.24) is 10.0 Å². The van der Waals surface area contributed by atoms with Crippen LogP contribution in [-0.2, 0) is 10.0 Å². The summed E-state index contributed by atoms with van der Waals surface area (Å²) in [6.07, 6.45) is 2.00. The summed E-state index contributed by atoms with van der Waals surface area (Å²) in [7, 11) is -3.42. The number of piperidine rings is 1. The predicted molar refractivity (Wildman–Crippen MR) is 85.9 cm³/mol. The summed E-state index contributed by atoms with van der Waals surface area (Å²) in [5.41, 5.74) is 1.10. The lowest BCUT2D eigenvalue weighted by Crippen LogP contribution is -2.42. The van der Waals surface area contributed by atoms with Gasteiger partial charge in [-0.3, -0.25) is 0 Å². The molecule has 118 valence electrons. The molecule has 0 aliphatic carbocycles. The Kier molecular flexibility index (Phi) is 5.07. The normalized spacial score (nSPS) is 18.9. The summed E-state index contributed by atoms with van der Waals surface area (Å²) in [5.74, 6) is 0.321. The maximum atomic E-state index is 12.5. The molecule has 1 heterocycles. The molecule has 1 aromatic carbocycles. The molecule has 1 aromatic rings. The Labute approximate surface area is 128 Å². The number of hydrogen-bond acceptors (Lipinski definition) is 3. The minimum atomic E-state index is -3.42. The molecule has 1 fully saturated rings. The molecular formula is C16H26N2O2S. The van der Waals surface area contributed by atoms with E-state index in [2.05, 4.69) is 30.8 Å². The van der Waals surface area contributed by atoms with Crippen LogP contribution in [0, 0.1) is 5.41 Å². The predicted octanol–water partition coefficient (Wildman–Crippen LogP) is 2.48. The van der Waals surface area contributed by atoms with Gasteiger partial charge < -0.3 is 5.32 Å². The lowest BCUT2D eigenvalue weighted by atomic mass is 9.81. The van der Waals surface area contributed by atoms with Crippen LogP contribution >= 0.6 is 0 Å². The van der Waals surface area contributed by atoms with Gasteiger partial charge in [-0.2, -0.15) is 0 Å². The molecule has 1 aliphatic heterocycles. The highest BCUT2D eigenvalue weighted by atomic mass is 32.2. The molecule has 4 nitrogen and oxygen atoms in total. The molecule has 0 unspecified atom stereocenters. The smallest absolute Gasteiger partial charge is 0.240 e. The van der Waals surface area contributed by atoms with Crippen molar-refractivity contribution in [2.24, 2.45) is 5.41 Å². The van der Waals surface area contributed by atoms with E-state index in [1.807, 2.05) is 12.1 Å². The molecule has 2 N–H and O–H groups in total. The van der Waals surface area contributed by atoms with Gasteiger partial charge in [-0.15, -0.1) is 0 Å². The average molecular weight is 310 g/mol. The van der Waals surface area contributed by atoms with Crippen molar-refractivity contribution in [2.45, 2.75) is 44.4 Å². The van der Waals surface area contributed by atoms with Gasteiger partial charge in [0.15, 0.2) is 0 Å². The first-order valence-corrected chi connectivity index (χ1v) is 9.11. The molecular weight excluding hydrogens is 284 g/mol. The molecule has 0 amide bonds. The first-order chi connectivity index (χ1) is 9.82. The maximum absolute atomic E-state index is 12.5. The topological polar surface area (TPSA) is 58.2 Å². The monoisotopic (exact) mass is 310 g/mol. The van der Waals surface area contributed by atoms with Gasteiger partial charge in [-0.1, -0.05) is 32.9 Å². The molecule has 2 rings (SSSR count). The van der Waals surface area contributed by atoms with Crippen molar-refractivity contribution in [3.63, 3.8) is 0 Å². The van der Waals surface area contributed by atoms with Crippen LogP contribution in [0.2, 0.25) is 0 Å². The van der Waals surface area contributed by atoms with Gasteiger partial charge in [0.05, 0.1) is 4.90 Å². The number of benzene rings is 1. The zero-order chi connectivity index (χ0) is 15.5. The SMILES string of the molecule is CC(C)c1cccc(S(=O)(=O)NCC2(C)CCNCC2)c1. The summed E-state index contributed by atoms with van der Waals surface area (Å²) in [6.45, 7) is 8.70. The highest BCUT2D eigenvalue weighted by molar-refractivity contribution is 7.89. The molecule has 0 radical (unpaired) electrons. The molecule has 0 bridgehead atoms. The lowest BCUT2D eigenvalue weighted by Gasteiger charge is -2.34. The van der Waals surface area contributed by atoms with Gasteiger partial charge in [-0.25, -0.2) is 13.1 Å². The second kappa shape index (κ2) is 6.46. The van der Waals surface area contributed by atoms with Crippen LogP contribution in [0.1, 0.15) is 45.1 Å². The minimum Gasteiger partial charge on any atom is -0.317 e. The van der Waals surface area contributed by atoms with E-state index in [1.165, 1.54) is 0 Å². The van der Waals surface area contributed by atoms with E-state index in [0.717, 1.165) is 31.5 Å². The molecule has 5 heteroatoms. The third-order valence-corrected chi connectivity index (χ3v) is 5.73. The zero-order valence-corrected chi connectivity index (χ0v) is 14.0. The lowest BCUT2D eigenvalue weighted by molar-refractivity contribution is 0.232. The summed E-state index contributed by atoms with van der Waals surface area (Å²) in [5, 5.41) is 3.31. The average Bonchev–Trinajstić information content (AvgIpc) is 2.46. The largest absolute Gasteiger partial charge is 0.317 e. The fraction of sp³-hybridized carbons (Fsp3) is 0.625. The van der Waals surface area contributed by atoms with E-state index >= 15 is 0 Å². The Morgan fingerprint density at radius 1 is 1.29 bits per heavy atom. The molecule has 0 spiro atoms. The summed E-state index contributed by atoms with van der Waals surface area (Å²) in [6, 6.07) is 7.23. The Morgan fingerprint density at radius 2 is 1.95 bits per heavy atom. The highest BCUT2D eigenvalue weighted by Crippen LogP contribution is 2.27. The molecule has 1 saturated heterocycles. The number of rotatable bonds is 5. The Bertz CT molecular complexity index is 576. The Balaban J connectivity index is 2.09. The van der Waals surface area contributed by atoms with Crippen LogP contribution in [0.25, 0.3) is 0 Å². The second-order valence-corrected chi connectivity index (χ2v) is 8.38. The van der Waals surface area contributed by atoms with Gasteiger partial charge in [-0.05, 0) is 55.0 Å². The Morgan fingerprint density at radius 3 is 2.57 bits per heavy atom. The summed E-state index contributed by atoms with van der Waals surface area (Å²) in [4.78, 5) is 0.367. The molecule has 0 atom stereocenters. The van der Waals surface area contributed by atoms with Gasteiger partial charge in [0, 0.05) is 6.54 Å². The third kappa shape index (κ3) is 4.28. The van der Waals surface area contributed by atoms with Crippen LogP contribution in [0.3, 0.4) is 0 Å². The van der Waals surface area contributed by atoms with Crippen LogP contribution < -0.4 is 10.0 Å². The Hall–Kier alpha value is -0.910. The molecule has 1 aliphatic rings. The van der Waals surface area contributed by atoms with Crippen molar-refractivity contribution in [3.8, 4) is 0 Å². The minimum absolute atomic E-state index is 0.0496. The number of sulfonamides is 1. The summed E-state index contributed by atoms with van der Waals surface area (Å²) < 4.78 is 27.7. The van der Waals surface area contributed by atoms with Crippen molar-refractivity contribution >= 4 is 10.0 Å². The van der Waals surface area contributed by atoms with Crippen molar-refractivity contribution < 1.29 is 8.42 Å². The second-order valence-electron chi connectivity index (χ2n) is 6.61. The first kappa shape index (κ1) is 16.5. The fourth-order valence-electron chi connectivity index (χ4n) is 2.60. The van der Waals surface area contributed by atoms with Gasteiger partial charge in [0.2, 0.25) is 10.0 Å². The molecule has 21 heavy (non-hydrogen) atoms. The maximum Gasteiger partial charge on any atom is 0.240 e. The molecule has 0 saturated carbocycles. The van der Waals surface area contributed by atoms with Gasteiger partial charge in [0.25, 0.3) is 0 Å².